The Balaban J connectivity index is 2.09. The maximum absolute atomic E-state index is 13.8. The molecular weight excluding hydrogens is 332 g/mol. The molecule has 128 valence electrons. The van der Waals surface area contributed by atoms with Gasteiger partial charge in [0, 0.05) is 13.1 Å². The zero-order valence-electron chi connectivity index (χ0n) is 12.2. The van der Waals surface area contributed by atoms with Gasteiger partial charge < -0.3 is 10.0 Å². The van der Waals surface area contributed by atoms with E-state index in [4.69, 9.17) is 0 Å². The van der Waals surface area contributed by atoms with E-state index >= 15 is 0 Å². The Kier molecular flexibility index (Phi) is 3.99. The van der Waals surface area contributed by atoms with Gasteiger partial charge in [0.2, 0.25) is 0 Å². The van der Waals surface area contributed by atoms with Crippen molar-refractivity contribution in [1.82, 2.24) is 19.9 Å². The molecular formula is C14H12F4N4O2. The number of carbonyl (C=O) groups excluding carboxylic acids is 1. The highest BCUT2D eigenvalue weighted by Crippen LogP contribution is 2.34. The van der Waals surface area contributed by atoms with Crippen molar-refractivity contribution in [3.63, 3.8) is 0 Å². The van der Waals surface area contributed by atoms with Crippen LogP contribution in [0.2, 0.25) is 0 Å². The van der Waals surface area contributed by atoms with Crippen molar-refractivity contribution in [2.24, 2.45) is 0 Å². The molecule has 3 rings (SSSR count). The number of aliphatic hydroxyl groups excluding tert-OH is 1. The van der Waals surface area contributed by atoms with Gasteiger partial charge in [-0.05, 0) is 18.6 Å². The zero-order valence-corrected chi connectivity index (χ0v) is 12.2. The first-order valence-electron chi connectivity index (χ1n) is 7.04. The van der Waals surface area contributed by atoms with Gasteiger partial charge >= 0.3 is 6.18 Å². The second-order valence-electron chi connectivity index (χ2n) is 5.34. The van der Waals surface area contributed by atoms with E-state index in [0.717, 1.165) is 17.0 Å². The molecule has 1 aliphatic rings. The minimum atomic E-state index is -4.96. The lowest BCUT2D eigenvalue weighted by Gasteiger charge is -2.16. The predicted octanol–water partition coefficient (Wildman–Crippen LogP) is 1.63. The molecule has 1 amide bonds. The van der Waals surface area contributed by atoms with Crippen LogP contribution in [-0.4, -0.2) is 50.1 Å². The molecule has 2 heterocycles. The summed E-state index contributed by atoms with van der Waals surface area (Å²) < 4.78 is 54.4. The first kappa shape index (κ1) is 16.4. The number of amides is 1. The summed E-state index contributed by atoms with van der Waals surface area (Å²) in [7, 11) is 0. The minimum Gasteiger partial charge on any atom is -0.391 e. The fourth-order valence-corrected chi connectivity index (χ4v) is 2.55. The molecule has 10 heteroatoms. The van der Waals surface area contributed by atoms with E-state index < -0.39 is 41.1 Å². The summed E-state index contributed by atoms with van der Waals surface area (Å²) in [6.45, 7) is 0.0343. The van der Waals surface area contributed by atoms with Crippen LogP contribution in [0.4, 0.5) is 17.6 Å². The Hall–Kier alpha value is -2.49. The highest BCUT2D eigenvalue weighted by atomic mass is 19.4. The smallest absolute Gasteiger partial charge is 0.391 e. The highest BCUT2D eigenvalue weighted by molar-refractivity contribution is 5.93. The molecule has 1 aliphatic heterocycles. The van der Waals surface area contributed by atoms with E-state index in [1.807, 2.05) is 0 Å². The van der Waals surface area contributed by atoms with Crippen LogP contribution in [0.3, 0.4) is 0 Å². The number of alkyl halides is 3. The zero-order chi connectivity index (χ0) is 17.5. The third kappa shape index (κ3) is 2.84. The molecule has 0 spiro atoms. The Labute approximate surface area is 133 Å². The molecule has 0 aliphatic carbocycles. The highest BCUT2D eigenvalue weighted by Gasteiger charge is 2.43. The first-order chi connectivity index (χ1) is 11.3. The quantitative estimate of drug-likeness (QED) is 0.841. The van der Waals surface area contributed by atoms with Crippen molar-refractivity contribution in [2.75, 3.05) is 13.1 Å². The summed E-state index contributed by atoms with van der Waals surface area (Å²) in [5.41, 5.74) is -2.82. The number of aliphatic hydroxyl groups is 1. The molecule has 0 unspecified atom stereocenters. The number of carbonyl (C=O) groups is 1. The van der Waals surface area contributed by atoms with Crippen LogP contribution in [0, 0.1) is 5.82 Å². The number of likely N-dealkylation sites (tertiary alicyclic amines) is 1. The van der Waals surface area contributed by atoms with E-state index in [9.17, 15) is 27.5 Å². The Bertz CT molecular complexity index is 774. The van der Waals surface area contributed by atoms with Crippen LogP contribution < -0.4 is 0 Å². The number of rotatable bonds is 2. The average Bonchev–Trinajstić information content (AvgIpc) is 3.13. The number of nitrogens with zero attached hydrogens (tertiary/aromatic N) is 4. The number of aromatic nitrogens is 3. The molecule has 1 saturated heterocycles. The summed E-state index contributed by atoms with van der Waals surface area (Å²) in [6, 6.07) is 4.75. The van der Waals surface area contributed by atoms with Gasteiger partial charge in [-0.3, -0.25) is 4.79 Å². The first-order valence-corrected chi connectivity index (χ1v) is 7.04. The molecule has 1 aromatic carbocycles. The lowest BCUT2D eigenvalue weighted by molar-refractivity contribution is -0.143. The Morgan fingerprint density at radius 2 is 2.00 bits per heavy atom. The largest absolute Gasteiger partial charge is 0.435 e. The predicted molar refractivity (Wildman–Crippen MR) is 72.8 cm³/mol. The summed E-state index contributed by atoms with van der Waals surface area (Å²) >= 11 is 0. The number of hydrogen-bond donors (Lipinski definition) is 1. The van der Waals surface area contributed by atoms with E-state index in [-0.39, 0.29) is 24.2 Å². The molecule has 6 nitrogen and oxygen atoms in total. The van der Waals surface area contributed by atoms with Crippen LogP contribution in [0.1, 0.15) is 22.6 Å². The molecule has 1 atom stereocenters. The lowest BCUT2D eigenvalue weighted by Crippen LogP contribution is -2.32. The van der Waals surface area contributed by atoms with Gasteiger partial charge in [0.1, 0.15) is 11.5 Å². The molecule has 2 aromatic rings. The fourth-order valence-electron chi connectivity index (χ4n) is 2.55. The summed E-state index contributed by atoms with van der Waals surface area (Å²) in [6.07, 6.45) is -5.48. The minimum absolute atomic E-state index is 0.0807. The normalized spacial score (nSPS) is 18.2. The topological polar surface area (TPSA) is 71.2 Å². The molecule has 0 bridgehead atoms. The molecule has 0 saturated carbocycles. The van der Waals surface area contributed by atoms with Crippen LogP contribution in [0.5, 0.6) is 0 Å². The van der Waals surface area contributed by atoms with Crippen molar-refractivity contribution in [3.8, 4) is 5.69 Å². The van der Waals surface area contributed by atoms with E-state index in [1.165, 1.54) is 12.1 Å². The van der Waals surface area contributed by atoms with Gasteiger partial charge in [0.25, 0.3) is 5.91 Å². The second-order valence-corrected chi connectivity index (χ2v) is 5.34. The van der Waals surface area contributed by atoms with Gasteiger partial charge in [0.15, 0.2) is 11.4 Å². The third-order valence-corrected chi connectivity index (χ3v) is 3.67. The van der Waals surface area contributed by atoms with Gasteiger partial charge in [-0.1, -0.05) is 17.3 Å². The van der Waals surface area contributed by atoms with Crippen LogP contribution >= 0.6 is 0 Å². The molecule has 0 radical (unpaired) electrons. The van der Waals surface area contributed by atoms with Crippen LogP contribution in [0.15, 0.2) is 24.3 Å². The van der Waals surface area contributed by atoms with Gasteiger partial charge in [-0.25, -0.2) is 9.07 Å². The van der Waals surface area contributed by atoms with Gasteiger partial charge in [-0.15, -0.1) is 5.10 Å². The maximum Gasteiger partial charge on any atom is 0.435 e. The molecule has 1 N–H and O–H groups in total. The SMILES string of the molecule is O=C(c1nnn(-c2ccccc2F)c1C(F)(F)F)N1CC[C@@H](O)C1. The van der Waals surface area contributed by atoms with Gasteiger partial charge in [0.05, 0.1) is 6.10 Å². The van der Waals surface area contributed by atoms with Crippen molar-refractivity contribution >= 4 is 5.91 Å². The molecule has 24 heavy (non-hydrogen) atoms. The number of β-amino-alcohol motifs (C(OH)–C–C–N with tert-alkyl or cyclic N) is 1. The summed E-state index contributed by atoms with van der Waals surface area (Å²) in [5.74, 6) is -1.93. The standard InChI is InChI=1S/C14H12F4N4O2/c15-9-3-1-2-4-10(9)22-12(14(16,17)18)11(19-20-22)13(24)21-6-5-8(23)7-21/h1-4,8,23H,5-7H2/t8-/m1/s1. The summed E-state index contributed by atoms with van der Waals surface area (Å²) in [4.78, 5) is 13.4. The summed E-state index contributed by atoms with van der Waals surface area (Å²) in [5, 5.41) is 16.1. The average molecular weight is 344 g/mol. The number of halogens is 4. The maximum atomic E-state index is 13.8. The molecule has 1 fully saturated rings. The van der Waals surface area contributed by atoms with E-state index in [2.05, 4.69) is 10.3 Å². The van der Waals surface area contributed by atoms with Crippen molar-refractivity contribution in [3.05, 3.63) is 41.5 Å². The van der Waals surface area contributed by atoms with E-state index in [1.54, 1.807) is 0 Å². The second kappa shape index (κ2) is 5.86. The third-order valence-electron chi connectivity index (χ3n) is 3.67. The Morgan fingerprint density at radius 1 is 1.29 bits per heavy atom. The fraction of sp³-hybridized carbons (Fsp3) is 0.357. The van der Waals surface area contributed by atoms with E-state index in [0.29, 0.717) is 0 Å². The number of benzene rings is 1. The van der Waals surface area contributed by atoms with Crippen molar-refractivity contribution < 1.29 is 27.5 Å². The van der Waals surface area contributed by atoms with Crippen molar-refractivity contribution in [2.45, 2.75) is 18.7 Å². The Morgan fingerprint density at radius 3 is 2.58 bits per heavy atom. The van der Waals surface area contributed by atoms with Crippen LogP contribution in [-0.2, 0) is 6.18 Å². The lowest BCUT2D eigenvalue weighted by atomic mass is 10.2. The molecule has 1 aromatic heterocycles. The van der Waals surface area contributed by atoms with Crippen molar-refractivity contribution in [1.29, 1.82) is 0 Å². The number of para-hydroxylation sites is 1. The monoisotopic (exact) mass is 344 g/mol. The number of hydrogen-bond acceptors (Lipinski definition) is 4. The van der Waals surface area contributed by atoms with Gasteiger partial charge in [-0.2, -0.15) is 13.2 Å². The van der Waals surface area contributed by atoms with Crippen LogP contribution in [0.25, 0.3) is 5.69 Å².